The molecule has 0 aliphatic heterocycles. The summed E-state index contributed by atoms with van der Waals surface area (Å²) < 4.78 is 4.64. The van der Waals surface area contributed by atoms with E-state index in [2.05, 4.69) is 38.8 Å². The fourth-order valence-electron chi connectivity index (χ4n) is 0.249. The molecular formula is C9H20O2SSn. The molecule has 0 fully saturated rings. The average molecular weight is 311 g/mol. The number of rotatable bonds is 3. The zero-order valence-corrected chi connectivity index (χ0v) is 13.2. The van der Waals surface area contributed by atoms with Gasteiger partial charge in [-0.25, -0.2) is 0 Å². The predicted molar refractivity (Wildman–Crippen MR) is 64.4 cm³/mol. The van der Waals surface area contributed by atoms with E-state index < -0.39 is 19.8 Å². The van der Waals surface area contributed by atoms with E-state index in [1.54, 1.807) is 6.92 Å². The summed E-state index contributed by atoms with van der Waals surface area (Å²) in [6.45, 7) is 5.66. The van der Waals surface area contributed by atoms with E-state index in [0.717, 1.165) is 5.57 Å². The Morgan fingerprint density at radius 1 is 1.46 bits per heavy atom. The summed E-state index contributed by atoms with van der Waals surface area (Å²) >= 11 is 3.08. The van der Waals surface area contributed by atoms with Gasteiger partial charge in [-0.05, 0) is 12.5 Å². The second-order valence-corrected chi connectivity index (χ2v) is 13.7. The molecule has 13 heavy (non-hydrogen) atoms. The average Bonchev–Trinajstić information content (AvgIpc) is 1.99. The summed E-state index contributed by atoms with van der Waals surface area (Å²) in [6, 6.07) is 0. The third kappa shape index (κ3) is 24.5. The maximum absolute atomic E-state index is 10.4. The molecule has 0 aliphatic carbocycles. The van der Waals surface area contributed by atoms with E-state index >= 15 is 0 Å². The van der Waals surface area contributed by atoms with Crippen molar-refractivity contribution in [2.24, 2.45) is 0 Å². The number of hydrogen-bond donors (Lipinski definition) is 1. The van der Waals surface area contributed by atoms with Gasteiger partial charge in [-0.1, -0.05) is 6.58 Å². The van der Waals surface area contributed by atoms with Crippen LogP contribution in [0, 0.1) is 0 Å². The first kappa shape index (κ1) is 15.8. The second kappa shape index (κ2) is 10.4. The minimum absolute atomic E-state index is 0.132. The Kier molecular flexibility index (Phi) is 12.7. The monoisotopic (exact) mass is 312 g/mol. The molecule has 2 nitrogen and oxygen atoms in total. The fourth-order valence-corrected chi connectivity index (χ4v) is 0.341. The first-order valence-corrected chi connectivity index (χ1v) is 14.8. The molecule has 0 bridgehead atoms. The van der Waals surface area contributed by atoms with Gasteiger partial charge in [0.25, 0.3) is 0 Å². The van der Waals surface area contributed by atoms with Crippen molar-refractivity contribution in [2.75, 3.05) is 12.4 Å². The fraction of sp³-hybridized carbons (Fsp3) is 0.667. The summed E-state index contributed by atoms with van der Waals surface area (Å²) in [5.41, 5.74) is 0.838. The van der Waals surface area contributed by atoms with Gasteiger partial charge in [0.05, 0.1) is 5.75 Å². The zero-order chi connectivity index (χ0) is 10.9. The Bertz CT molecular complexity index is 155. The molecule has 0 spiro atoms. The van der Waals surface area contributed by atoms with Crippen molar-refractivity contribution in [1.82, 2.24) is 0 Å². The van der Waals surface area contributed by atoms with Gasteiger partial charge in [-0.3, -0.25) is 4.79 Å². The topological polar surface area (TPSA) is 26.3 Å². The van der Waals surface area contributed by atoms with E-state index in [4.69, 9.17) is 0 Å². The van der Waals surface area contributed by atoms with E-state index in [9.17, 15) is 4.79 Å². The molecule has 78 valence electrons. The number of carbonyl (C=O) groups excluding carboxylic acids is 1. The van der Waals surface area contributed by atoms with Crippen LogP contribution in [0.3, 0.4) is 0 Å². The molecule has 0 amide bonds. The molecular weight excluding hydrogens is 291 g/mol. The molecule has 0 unspecified atom stereocenters. The molecule has 0 rings (SSSR count). The van der Waals surface area contributed by atoms with Crippen LogP contribution in [-0.2, 0) is 9.53 Å². The van der Waals surface area contributed by atoms with Crippen LogP contribution in [0.25, 0.3) is 0 Å². The van der Waals surface area contributed by atoms with Crippen molar-refractivity contribution in [3.63, 3.8) is 0 Å². The predicted octanol–water partition coefficient (Wildman–Crippen LogP) is 2.14. The van der Waals surface area contributed by atoms with Crippen LogP contribution in [0.5, 0.6) is 0 Å². The van der Waals surface area contributed by atoms with Crippen LogP contribution < -0.4 is 0 Å². The van der Waals surface area contributed by atoms with E-state index in [1.807, 2.05) is 0 Å². The molecule has 0 aromatic carbocycles. The number of esters is 1. The molecule has 0 aromatic rings. The summed E-state index contributed by atoms with van der Waals surface area (Å²) in [4.78, 5) is 17.5. The van der Waals surface area contributed by atoms with E-state index in [-0.39, 0.29) is 11.7 Å². The minimum atomic E-state index is -0.637. The Labute approximate surface area is 93.9 Å². The third-order valence-electron chi connectivity index (χ3n) is 0.609. The zero-order valence-electron chi connectivity index (χ0n) is 8.96. The number of ether oxygens (including phenoxy) is 1. The number of carbonyl (C=O) groups is 1. The maximum atomic E-state index is 10.4. The molecule has 0 radical (unpaired) electrons. The van der Waals surface area contributed by atoms with Gasteiger partial charge >= 0.3 is 40.5 Å². The van der Waals surface area contributed by atoms with Gasteiger partial charge in [0.15, 0.2) is 0 Å². The second-order valence-electron chi connectivity index (χ2n) is 3.51. The van der Waals surface area contributed by atoms with Gasteiger partial charge in [0.1, 0.15) is 6.61 Å². The van der Waals surface area contributed by atoms with Crippen molar-refractivity contribution < 1.29 is 9.53 Å². The first-order valence-electron chi connectivity index (χ1n) is 4.31. The quantitative estimate of drug-likeness (QED) is 0.374. The van der Waals surface area contributed by atoms with Gasteiger partial charge in [0, 0.05) is 0 Å². The molecule has 0 aliphatic rings. The molecule has 0 atom stereocenters. The molecule has 4 heteroatoms. The molecule has 0 heterocycles. The van der Waals surface area contributed by atoms with Crippen molar-refractivity contribution in [2.45, 2.75) is 21.7 Å². The SMILES string of the molecule is C=C(C)COC(=O)CS.[CH3][SnH]([CH3])[CH3]. The third-order valence-corrected chi connectivity index (χ3v) is 0.867. The molecule has 0 saturated heterocycles. The van der Waals surface area contributed by atoms with Crippen molar-refractivity contribution in [1.29, 1.82) is 0 Å². The first-order chi connectivity index (χ1) is 5.90. The van der Waals surface area contributed by atoms with Crippen molar-refractivity contribution >= 4 is 38.4 Å². The molecule has 0 N–H and O–H groups in total. The van der Waals surface area contributed by atoms with Crippen LogP contribution in [-0.4, -0.2) is 38.1 Å². The van der Waals surface area contributed by atoms with Crippen LogP contribution in [0.4, 0.5) is 0 Å². The van der Waals surface area contributed by atoms with Crippen LogP contribution in [0.1, 0.15) is 6.92 Å². The Morgan fingerprint density at radius 3 is 2.08 bits per heavy atom. The normalized spacial score (nSPS) is 8.77. The standard InChI is InChI=1S/C6H10O2S.3CH3.Sn.H/c1-5(2)3-8-6(7)4-9;;;;;/h9H,1,3-4H2,2H3;3*1H3;;. The van der Waals surface area contributed by atoms with Crippen molar-refractivity contribution in [3.8, 4) is 0 Å². The Balaban J connectivity index is 0. The summed E-state index contributed by atoms with van der Waals surface area (Å²) in [7, 11) is 0. The van der Waals surface area contributed by atoms with E-state index in [0.29, 0.717) is 6.61 Å². The molecule has 0 aromatic heterocycles. The number of thiol groups is 1. The van der Waals surface area contributed by atoms with E-state index in [1.165, 1.54) is 0 Å². The van der Waals surface area contributed by atoms with Gasteiger partial charge in [-0.15, -0.1) is 0 Å². The van der Waals surface area contributed by atoms with Crippen LogP contribution in [0.2, 0.25) is 14.8 Å². The Morgan fingerprint density at radius 2 is 1.85 bits per heavy atom. The van der Waals surface area contributed by atoms with Gasteiger partial charge < -0.3 is 4.74 Å². The summed E-state index contributed by atoms with van der Waals surface area (Å²) in [5.74, 6) is -0.172. The summed E-state index contributed by atoms with van der Waals surface area (Å²) in [5, 5.41) is 0. The van der Waals surface area contributed by atoms with Crippen LogP contribution in [0.15, 0.2) is 12.2 Å². The van der Waals surface area contributed by atoms with Crippen molar-refractivity contribution in [3.05, 3.63) is 12.2 Å². The van der Waals surface area contributed by atoms with Gasteiger partial charge in [-0.2, -0.15) is 12.6 Å². The summed E-state index contributed by atoms with van der Waals surface area (Å²) in [6.07, 6.45) is 0. The molecule has 0 saturated carbocycles. The van der Waals surface area contributed by atoms with Crippen LogP contribution >= 0.6 is 12.6 Å². The Hall–Kier alpha value is 0.359. The number of hydrogen-bond acceptors (Lipinski definition) is 3. The van der Waals surface area contributed by atoms with Gasteiger partial charge in [0.2, 0.25) is 0 Å².